The van der Waals surface area contributed by atoms with Crippen LogP contribution < -0.4 is 4.90 Å². The minimum atomic E-state index is 0.171. The van der Waals surface area contributed by atoms with Crippen molar-refractivity contribution in [1.82, 2.24) is 4.57 Å². The Kier molecular flexibility index (Phi) is 5.67. The SMILES string of the molecule is C1=CC2C(c3ccccc3N2c2ccccc2-c2ccccc2)c2c1n(-c1ccc(-c3ccccc3)cc1)c1ccccc21. The molecule has 208 valence electrons. The largest absolute Gasteiger partial charge is 0.333 e. The van der Waals surface area contributed by atoms with Gasteiger partial charge in [-0.15, -0.1) is 0 Å². The van der Waals surface area contributed by atoms with E-state index in [1.54, 1.807) is 0 Å². The van der Waals surface area contributed by atoms with Crippen LogP contribution in [0.15, 0.2) is 164 Å². The predicted molar refractivity (Wildman–Crippen MR) is 184 cm³/mol. The zero-order valence-corrected chi connectivity index (χ0v) is 24.2. The van der Waals surface area contributed by atoms with Gasteiger partial charge in [-0.05, 0) is 64.2 Å². The molecule has 44 heavy (non-hydrogen) atoms. The van der Waals surface area contributed by atoms with Gasteiger partial charge in [0, 0.05) is 33.9 Å². The summed E-state index contributed by atoms with van der Waals surface area (Å²) < 4.78 is 2.45. The molecule has 0 radical (unpaired) electrons. The van der Waals surface area contributed by atoms with Crippen molar-refractivity contribution in [1.29, 1.82) is 0 Å². The van der Waals surface area contributed by atoms with Crippen molar-refractivity contribution in [2.24, 2.45) is 0 Å². The van der Waals surface area contributed by atoms with E-state index in [9.17, 15) is 0 Å². The maximum absolute atomic E-state index is 2.57. The summed E-state index contributed by atoms with van der Waals surface area (Å²) in [6.45, 7) is 0. The first-order chi connectivity index (χ1) is 21.9. The molecule has 0 bridgehead atoms. The zero-order chi connectivity index (χ0) is 29.0. The fourth-order valence-electron chi connectivity index (χ4n) is 7.50. The van der Waals surface area contributed by atoms with Gasteiger partial charge in [0.1, 0.15) is 0 Å². The monoisotopic (exact) mass is 562 g/mol. The highest BCUT2D eigenvalue weighted by Crippen LogP contribution is 2.55. The summed E-state index contributed by atoms with van der Waals surface area (Å²) in [5, 5.41) is 1.32. The minimum Gasteiger partial charge on any atom is -0.333 e. The number of rotatable bonds is 4. The standard InChI is InChI=1S/C42H30N2/c1-3-13-29(14-4-1)30-23-25-32(26-24-30)43-37-21-11-8-18-34(37)41-39(43)27-28-40-42(41)35-19-9-12-22-38(35)44(40)36-20-10-7-17-33(36)31-15-5-2-6-16-31/h1-28,40,42H. The molecule has 1 aliphatic carbocycles. The smallest absolute Gasteiger partial charge is 0.0637 e. The van der Waals surface area contributed by atoms with Crippen molar-refractivity contribution in [2.45, 2.75) is 12.0 Å². The van der Waals surface area contributed by atoms with Crippen LogP contribution in [0.1, 0.15) is 22.7 Å². The fraction of sp³-hybridized carbons (Fsp3) is 0.0476. The summed E-state index contributed by atoms with van der Waals surface area (Å²) >= 11 is 0. The van der Waals surface area contributed by atoms with Crippen LogP contribution in [-0.2, 0) is 0 Å². The maximum Gasteiger partial charge on any atom is 0.0637 e. The van der Waals surface area contributed by atoms with Gasteiger partial charge >= 0.3 is 0 Å². The molecule has 0 saturated heterocycles. The van der Waals surface area contributed by atoms with Crippen LogP contribution in [0.4, 0.5) is 11.4 Å². The van der Waals surface area contributed by atoms with E-state index >= 15 is 0 Å². The molecule has 0 amide bonds. The quantitative estimate of drug-likeness (QED) is 0.207. The summed E-state index contributed by atoms with van der Waals surface area (Å²) in [4.78, 5) is 2.57. The molecule has 0 spiro atoms. The topological polar surface area (TPSA) is 8.17 Å². The Labute approximate surface area is 257 Å². The van der Waals surface area contributed by atoms with E-state index in [-0.39, 0.29) is 12.0 Å². The second-order valence-electron chi connectivity index (χ2n) is 11.7. The van der Waals surface area contributed by atoms with Crippen molar-refractivity contribution >= 4 is 28.4 Å². The van der Waals surface area contributed by atoms with Crippen LogP contribution >= 0.6 is 0 Å². The molecule has 1 aromatic heterocycles. The van der Waals surface area contributed by atoms with Gasteiger partial charge in [-0.3, -0.25) is 0 Å². The van der Waals surface area contributed by atoms with E-state index in [4.69, 9.17) is 0 Å². The van der Waals surface area contributed by atoms with Gasteiger partial charge in [-0.1, -0.05) is 133 Å². The summed E-state index contributed by atoms with van der Waals surface area (Å²) in [7, 11) is 0. The Morgan fingerprint density at radius 3 is 1.89 bits per heavy atom. The molecule has 1 aliphatic heterocycles. The normalized spacial score (nSPS) is 16.5. The summed E-state index contributed by atoms with van der Waals surface area (Å²) in [6.07, 6.45) is 4.80. The number of para-hydroxylation sites is 3. The Morgan fingerprint density at radius 1 is 0.477 bits per heavy atom. The van der Waals surface area contributed by atoms with Gasteiger partial charge in [0.15, 0.2) is 0 Å². The molecule has 2 heterocycles. The molecular formula is C42H30N2. The maximum atomic E-state index is 2.57. The first kappa shape index (κ1) is 24.9. The summed E-state index contributed by atoms with van der Waals surface area (Å²) in [6, 6.07) is 57.3. The molecule has 0 N–H and O–H groups in total. The lowest BCUT2D eigenvalue weighted by molar-refractivity contribution is 0.726. The molecule has 2 atom stereocenters. The lowest BCUT2D eigenvalue weighted by Crippen LogP contribution is -2.31. The number of anilines is 2. The highest BCUT2D eigenvalue weighted by atomic mass is 15.2. The van der Waals surface area contributed by atoms with Crippen molar-refractivity contribution < 1.29 is 0 Å². The van der Waals surface area contributed by atoms with E-state index in [0.717, 1.165) is 0 Å². The van der Waals surface area contributed by atoms with Crippen molar-refractivity contribution in [3.05, 3.63) is 181 Å². The van der Waals surface area contributed by atoms with E-state index in [0.29, 0.717) is 0 Å². The van der Waals surface area contributed by atoms with Crippen molar-refractivity contribution in [3.63, 3.8) is 0 Å². The molecule has 0 saturated carbocycles. The number of hydrogen-bond donors (Lipinski definition) is 0. The Hall–Kier alpha value is -5.60. The lowest BCUT2D eigenvalue weighted by Gasteiger charge is -2.32. The average Bonchev–Trinajstić information content (AvgIpc) is 3.62. The van der Waals surface area contributed by atoms with Gasteiger partial charge in [-0.2, -0.15) is 0 Å². The molecule has 2 nitrogen and oxygen atoms in total. The third kappa shape index (κ3) is 3.74. The van der Waals surface area contributed by atoms with Crippen LogP contribution in [0.5, 0.6) is 0 Å². The van der Waals surface area contributed by atoms with Crippen LogP contribution in [-0.4, -0.2) is 10.6 Å². The van der Waals surface area contributed by atoms with Crippen LogP contribution in [0.25, 0.3) is 44.9 Å². The molecule has 2 heteroatoms. The number of hydrogen-bond acceptors (Lipinski definition) is 1. The summed E-state index contributed by atoms with van der Waals surface area (Å²) in [5.41, 5.74) is 14.0. The van der Waals surface area contributed by atoms with E-state index in [2.05, 4.69) is 179 Å². The van der Waals surface area contributed by atoms with E-state index in [1.807, 2.05) is 0 Å². The molecule has 7 aromatic rings. The van der Waals surface area contributed by atoms with Crippen LogP contribution in [0.3, 0.4) is 0 Å². The first-order valence-corrected chi connectivity index (χ1v) is 15.4. The van der Waals surface area contributed by atoms with Gasteiger partial charge in [0.05, 0.1) is 17.3 Å². The average molecular weight is 563 g/mol. The van der Waals surface area contributed by atoms with E-state index < -0.39 is 0 Å². The Bertz CT molecular complexity index is 2170. The summed E-state index contributed by atoms with van der Waals surface area (Å²) in [5.74, 6) is 0.213. The number of fused-ring (bicyclic) bond motifs is 7. The van der Waals surface area contributed by atoms with Gasteiger partial charge in [0.2, 0.25) is 0 Å². The highest BCUT2D eigenvalue weighted by molar-refractivity contribution is 5.95. The number of nitrogens with zero attached hydrogens (tertiary/aromatic N) is 2. The van der Waals surface area contributed by atoms with Crippen molar-refractivity contribution in [3.8, 4) is 27.9 Å². The van der Waals surface area contributed by atoms with Crippen molar-refractivity contribution in [2.75, 3.05) is 4.90 Å². The van der Waals surface area contributed by atoms with Gasteiger partial charge in [-0.25, -0.2) is 0 Å². The molecule has 9 rings (SSSR count). The second-order valence-corrected chi connectivity index (χ2v) is 11.7. The Balaban J connectivity index is 1.23. The predicted octanol–water partition coefficient (Wildman–Crippen LogP) is 10.6. The zero-order valence-electron chi connectivity index (χ0n) is 24.2. The van der Waals surface area contributed by atoms with Gasteiger partial charge in [0.25, 0.3) is 0 Å². The second kappa shape index (κ2) is 10.00. The fourth-order valence-corrected chi connectivity index (χ4v) is 7.50. The third-order valence-corrected chi connectivity index (χ3v) is 9.37. The minimum absolute atomic E-state index is 0.171. The third-order valence-electron chi connectivity index (χ3n) is 9.37. The highest BCUT2D eigenvalue weighted by Gasteiger charge is 2.43. The van der Waals surface area contributed by atoms with Gasteiger partial charge < -0.3 is 9.47 Å². The molecule has 6 aromatic carbocycles. The molecule has 2 aliphatic rings. The molecular weight excluding hydrogens is 532 g/mol. The Morgan fingerprint density at radius 2 is 1.09 bits per heavy atom. The van der Waals surface area contributed by atoms with Crippen LogP contribution in [0.2, 0.25) is 0 Å². The number of benzene rings is 6. The molecule has 2 unspecified atom stereocenters. The van der Waals surface area contributed by atoms with Crippen LogP contribution in [0, 0.1) is 0 Å². The van der Waals surface area contributed by atoms with E-state index in [1.165, 1.54) is 67.0 Å². The number of aromatic nitrogens is 1. The molecule has 0 fully saturated rings. The lowest BCUT2D eigenvalue weighted by atomic mass is 9.82. The first-order valence-electron chi connectivity index (χ1n) is 15.4.